The number of hydrogen-bond acceptors (Lipinski definition) is 3. The van der Waals surface area contributed by atoms with E-state index < -0.39 is 0 Å². The molecule has 108 valence electrons. The fourth-order valence-corrected chi connectivity index (χ4v) is 2.88. The quantitative estimate of drug-likeness (QED) is 0.487. The monoisotopic (exact) mass is 394 g/mol. The largest absolute Gasteiger partial charge is 0.370 e. The summed E-state index contributed by atoms with van der Waals surface area (Å²) < 4.78 is 0. The number of nitrogens with two attached hydrogens (primary N) is 1. The van der Waals surface area contributed by atoms with Crippen LogP contribution in [0.15, 0.2) is 10.4 Å². The first-order valence-electron chi connectivity index (χ1n) is 6.77. The van der Waals surface area contributed by atoms with Gasteiger partial charge in [0.2, 0.25) is 0 Å². The molecular weight excluding hydrogens is 371 g/mol. The van der Waals surface area contributed by atoms with E-state index >= 15 is 0 Å². The van der Waals surface area contributed by atoms with Crippen molar-refractivity contribution in [2.45, 2.75) is 45.6 Å². The Bertz CT molecular complexity index is 397. The Kier molecular flexibility index (Phi) is 7.67. The summed E-state index contributed by atoms with van der Waals surface area (Å²) in [5, 5.41) is 3.26. The van der Waals surface area contributed by atoms with Crippen molar-refractivity contribution < 1.29 is 0 Å². The number of likely N-dealkylation sites (tertiary alicyclic amines) is 1. The van der Waals surface area contributed by atoms with Crippen LogP contribution >= 0.6 is 35.3 Å². The minimum Gasteiger partial charge on any atom is -0.370 e. The molecule has 0 aliphatic carbocycles. The molecule has 1 aliphatic rings. The zero-order chi connectivity index (χ0) is 12.8. The normalized spacial score (nSPS) is 16.9. The Labute approximate surface area is 136 Å². The lowest BCUT2D eigenvalue weighted by atomic mass is 10.2. The minimum atomic E-state index is 0. The van der Waals surface area contributed by atoms with Crippen LogP contribution in [0.1, 0.15) is 43.3 Å². The summed E-state index contributed by atoms with van der Waals surface area (Å²) in [4.78, 5) is 11.2. The smallest absolute Gasteiger partial charge is 0.191 e. The maximum atomic E-state index is 6.06. The first-order valence-corrected chi connectivity index (χ1v) is 7.65. The molecule has 6 heteroatoms. The highest BCUT2D eigenvalue weighted by Crippen LogP contribution is 2.12. The van der Waals surface area contributed by atoms with Gasteiger partial charge in [-0.05, 0) is 19.3 Å². The molecule has 1 fully saturated rings. The van der Waals surface area contributed by atoms with E-state index in [1.54, 1.807) is 11.3 Å². The van der Waals surface area contributed by atoms with Crippen LogP contribution in [0.5, 0.6) is 0 Å². The maximum absolute atomic E-state index is 6.06. The number of halogens is 1. The van der Waals surface area contributed by atoms with E-state index in [4.69, 9.17) is 5.73 Å². The molecule has 0 radical (unpaired) electrons. The third kappa shape index (κ3) is 5.25. The second kappa shape index (κ2) is 8.73. The number of aliphatic imine (C=N–C) groups is 1. The molecular formula is C13H23IN4S. The molecule has 0 aromatic carbocycles. The SMILES string of the molecule is CCc1nc(CN=C(N)N2CCCCCC2)cs1.I. The zero-order valence-electron chi connectivity index (χ0n) is 11.5. The second-order valence-electron chi connectivity index (χ2n) is 4.66. The Balaban J connectivity index is 0.00000180. The standard InChI is InChI=1S/C13H22N4S.HI/c1-2-12-16-11(10-18-12)9-15-13(14)17-7-5-3-4-6-8-17;/h10H,2-9H2,1H3,(H2,14,15);1H. The van der Waals surface area contributed by atoms with Gasteiger partial charge in [0.05, 0.1) is 17.2 Å². The molecule has 0 bridgehead atoms. The predicted molar refractivity (Wildman–Crippen MR) is 92.3 cm³/mol. The van der Waals surface area contributed by atoms with E-state index in [2.05, 4.69) is 27.2 Å². The zero-order valence-corrected chi connectivity index (χ0v) is 14.6. The molecule has 19 heavy (non-hydrogen) atoms. The molecule has 0 spiro atoms. The van der Waals surface area contributed by atoms with Gasteiger partial charge in [0.25, 0.3) is 0 Å². The summed E-state index contributed by atoms with van der Waals surface area (Å²) >= 11 is 1.71. The third-order valence-corrected chi connectivity index (χ3v) is 4.28. The van der Waals surface area contributed by atoms with E-state index in [-0.39, 0.29) is 24.0 Å². The number of thiazole rings is 1. The first kappa shape index (κ1) is 16.7. The van der Waals surface area contributed by atoms with Gasteiger partial charge in [-0.2, -0.15) is 0 Å². The highest BCUT2D eigenvalue weighted by atomic mass is 127. The van der Waals surface area contributed by atoms with Gasteiger partial charge >= 0.3 is 0 Å². The highest BCUT2D eigenvalue weighted by molar-refractivity contribution is 14.0. The molecule has 2 N–H and O–H groups in total. The summed E-state index contributed by atoms with van der Waals surface area (Å²) in [5.74, 6) is 0.683. The van der Waals surface area contributed by atoms with E-state index in [1.165, 1.54) is 30.7 Å². The fourth-order valence-electron chi connectivity index (χ4n) is 2.15. The number of guanidine groups is 1. The van der Waals surface area contributed by atoms with E-state index in [0.29, 0.717) is 12.5 Å². The molecule has 0 amide bonds. The molecule has 2 rings (SSSR count). The first-order chi connectivity index (χ1) is 8.79. The van der Waals surface area contributed by atoms with Crippen molar-refractivity contribution >= 4 is 41.3 Å². The van der Waals surface area contributed by atoms with Crippen LogP contribution in [0.25, 0.3) is 0 Å². The Morgan fingerprint density at radius 1 is 1.37 bits per heavy atom. The van der Waals surface area contributed by atoms with Gasteiger partial charge < -0.3 is 10.6 Å². The van der Waals surface area contributed by atoms with Crippen molar-refractivity contribution in [3.8, 4) is 0 Å². The van der Waals surface area contributed by atoms with Crippen molar-refractivity contribution in [2.24, 2.45) is 10.7 Å². The number of hydrogen-bond donors (Lipinski definition) is 1. The molecule has 0 saturated carbocycles. The Morgan fingerprint density at radius 3 is 2.63 bits per heavy atom. The van der Waals surface area contributed by atoms with Crippen LogP contribution in [0, 0.1) is 0 Å². The molecule has 0 unspecified atom stereocenters. The van der Waals surface area contributed by atoms with Crippen LogP contribution < -0.4 is 5.73 Å². The molecule has 2 heterocycles. The lowest BCUT2D eigenvalue weighted by Gasteiger charge is -2.20. The van der Waals surface area contributed by atoms with Crippen LogP contribution in [0.4, 0.5) is 0 Å². The average molecular weight is 394 g/mol. The van der Waals surface area contributed by atoms with Crippen LogP contribution in [0.2, 0.25) is 0 Å². The molecule has 1 saturated heterocycles. The summed E-state index contributed by atoms with van der Waals surface area (Å²) in [6.45, 7) is 4.83. The van der Waals surface area contributed by atoms with Gasteiger partial charge in [-0.15, -0.1) is 35.3 Å². The van der Waals surface area contributed by atoms with Gasteiger partial charge in [-0.1, -0.05) is 19.8 Å². The fraction of sp³-hybridized carbons (Fsp3) is 0.692. The van der Waals surface area contributed by atoms with Crippen molar-refractivity contribution in [1.29, 1.82) is 0 Å². The van der Waals surface area contributed by atoms with Crippen molar-refractivity contribution in [2.75, 3.05) is 13.1 Å². The van der Waals surface area contributed by atoms with Crippen LogP contribution in [-0.4, -0.2) is 28.9 Å². The van der Waals surface area contributed by atoms with E-state index in [9.17, 15) is 0 Å². The summed E-state index contributed by atoms with van der Waals surface area (Å²) in [7, 11) is 0. The molecule has 1 aromatic rings. The Hall–Kier alpha value is -0.370. The lowest BCUT2D eigenvalue weighted by Crippen LogP contribution is -2.38. The van der Waals surface area contributed by atoms with Gasteiger partial charge in [-0.25, -0.2) is 9.98 Å². The molecule has 1 aliphatic heterocycles. The van der Waals surface area contributed by atoms with E-state index in [0.717, 1.165) is 25.2 Å². The molecule has 1 aromatic heterocycles. The minimum absolute atomic E-state index is 0. The maximum Gasteiger partial charge on any atom is 0.191 e. The number of aryl methyl sites for hydroxylation is 1. The van der Waals surface area contributed by atoms with Gasteiger partial charge in [0.1, 0.15) is 0 Å². The topological polar surface area (TPSA) is 54.5 Å². The van der Waals surface area contributed by atoms with Crippen LogP contribution in [0.3, 0.4) is 0 Å². The van der Waals surface area contributed by atoms with E-state index in [1.807, 2.05) is 0 Å². The highest BCUT2D eigenvalue weighted by Gasteiger charge is 2.10. The van der Waals surface area contributed by atoms with Crippen molar-refractivity contribution in [3.63, 3.8) is 0 Å². The van der Waals surface area contributed by atoms with Crippen molar-refractivity contribution in [1.82, 2.24) is 9.88 Å². The Morgan fingerprint density at radius 2 is 2.05 bits per heavy atom. The molecule has 4 nitrogen and oxygen atoms in total. The summed E-state index contributed by atoms with van der Waals surface area (Å²) in [6.07, 6.45) is 6.08. The molecule has 0 atom stereocenters. The predicted octanol–water partition coefficient (Wildman–Crippen LogP) is 3.01. The van der Waals surface area contributed by atoms with Crippen LogP contribution in [-0.2, 0) is 13.0 Å². The second-order valence-corrected chi connectivity index (χ2v) is 5.60. The summed E-state index contributed by atoms with van der Waals surface area (Å²) in [5.41, 5.74) is 7.09. The van der Waals surface area contributed by atoms with Gasteiger partial charge in [0.15, 0.2) is 5.96 Å². The van der Waals surface area contributed by atoms with Gasteiger partial charge in [0, 0.05) is 18.5 Å². The summed E-state index contributed by atoms with van der Waals surface area (Å²) in [6, 6.07) is 0. The number of aromatic nitrogens is 1. The van der Waals surface area contributed by atoms with Crippen molar-refractivity contribution in [3.05, 3.63) is 16.1 Å². The third-order valence-electron chi connectivity index (χ3n) is 3.23. The lowest BCUT2D eigenvalue weighted by molar-refractivity contribution is 0.428. The number of rotatable bonds is 3. The number of nitrogens with zero attached hydrogens (tertiary/aromatic N) is 3. The van der Waals surface area contributed by atoms with Gasteiger partial charge in [-0.3, -0.25) is 0 Å². The average Bonchev–Trinajstić information content (AvgIpc) is 2.68.